The van der Waals surface area contributed by atoms with E-state index in [4.69, 9.17) is 11.0 Å². The summed E-state index contributed by atoms with van der Waals surface area (Å²) in [5.41, 5.74) is 8.32. The fourth-order valence-electron chi connectivity index (χ4n) is 1.77. The second-order valence-corrected chi connectivity index (χ2v) is 4.69. The van der Waals surface area contributed by atoms with Gasteiger partial charge in [0.15, 0.2) is 0 Å². The number of nitrogens with one attached hydrogen (secondary N) is 2. The van der Waals surface area contributed by atoms with Crippen molar-refractivity contribution in [3.8, 4) is 6.07 Å². The molecule has 6 heteroatoms. The monoisotopic (exact) mass is 294 g/mol. The number of nitrogen functional groups attached to an aromatic ring is 1. The summed E-state index contributed by atoms with van der Waals surface area (Å²) in [5.74, 6) is -1.63. The van der Waals surface area contributed by atoms with Gasteiger partial charge in [-0.15, -0.1) is 0 Å². The zero-order chi connectivity index (χ0) is 16.1. The molecule has 0 aliphatic carbocycles. The number of anilines is 3. The van der Waals surface area contributed by atoms with Crippen molar-refractivity contribution < 1.29 is 9.59 Å². The van der Waals surface area contributed by atoms with Gasteiger partial charge in [-0.25, -0.2) is 0 Å². The lowest BCUT2D eigenvalue weighted by Gasteiger charge is -2.09. The van der Waals surface area contributed by atoms with Crippen molar-refractivity contribution >= 4 is 28.9 Å². The summed E-state index contributed by atoms with van der Waals surface area (Å²) in [6.45, 7) is 1.85. The molecule has 22 heavy (non-hydrogen) atoms. The van der Waals surface area contributed by atoms with Gasteiger partial charge in [0.05, 0.1) is 23.0 Å². The van der Waals surface area contributed by atoms with Gasteiger partial charge in [-0.3, -0.25) is 9.59 Å². The predicted molar refractivity (Wildman–Crippen MR) is 84.0 cm³/mol. The maximum atomic E-state index is 11.9. The summed E-state index contributed by atoms with van der Waals surface area (Å²) >= 11 is 0. The number of carbonyl (C=O) groups excluding carboxylic acids is 2. The Morgan fingerprint density at radius 2 is 1.68 bits per heavy atom. The molecule has 0 spiro atoms. The molecule has 4 N–H and O–H groups in total. The largest absolute Gasteiger partial charge is 0.397 e. The molecule has 0 atom stereocenters. The molecular formula is C16H14N4O2. The van der Waals surface area contributed by atoms with Crippen LogP contribution in [0.4, 0.5) is 17.1 Å². The van der Waals surface area contributed by atoms with Crippen LogP contribution in [0.2, 0.25) is 0 Å². The van der Waals surface area contributed by atoms with Crippen molar-refractivity contribution in [1.82, 2.24) is 0 Å². The Labute approximate surface area is 127 Å². The van der Waals surface area contributed by atoms with E-state index in [9.17, 15) is 9.59 Å². The van der Waals surface area contributed by atoms with Gasteiger partial charge in [0.25, 0.3) is 0 Å². The third kappa shape index (κ3) is 3.61. The Bertz CT molecular complexity index is 761. The Morgan fingerprint density at radius 3 is 2.32 bits per heavy atom. The van der Waals surface area contributed by atoms with E-state index in [1.807, 2.05) is 19.1 Å². The number of rotatable bonds is 2. The van der Waals surface area contributed by atoms with Crippen LogP contribution in [-0.2, 0) is 9.59 Å². The molecule has 0 saturated carbocycles. The molecule has 2 amide bonds. The average molecular weight is 294 g/mol. The Morgan fingerprint density at radius 1 is 1.05 bits per heavy atom. The predicted octanol–water partition coefficient (Wildman–Crippen LogP) is 2.03. The van der Waals surface area contributed by atoms with Crippen molar-refractivity contribution in [2.24, 2.45) is 0 Å². The quantitative estimate of drug-likeness (QED) is 0.581. The molecule has 0 aromatic heterocycles. The van der Waals surface area contributed by atoms with Gasteiger partial charge in [-0.05, 0) is 48.9 Å². The normalized spacial score (nSPS) is 9.64. The highest BCUT2D eigenvalue weighted by Crippen LogP contribution is 2.19. The molecular weight excluding hydrogens is 280 g/mol. The smallest absolute Gasteiger partial charge is 0.314 e. The lowest BCUT2D eigenvalue weighted by molar-refractivity contribution is -0.132. The molecule has 2 aromatic carbocycles. The van der Waals surface area contributed by atoms with Crippen LogP contribution in [-0.4, -0.2) is 11.8 Å². The first kappa shape index (κ1) is 15.1. The van der Waals surface area contributed by atoms with Crippen LogP contribution >= 0.6 is 0 Å². The van der Waals surface area contributed by atoms with Gasteiger partial charge in [-0.1, -0.05) is 6.07 Å². The van der Waals surface area contributed by atoms with Crippen LogP contribution in [0.25, 0.3) is 0 Å². The first-order valence-electron chi connectivity index (χ1n) is 6.48. The van der Waals surface area contributed by atoms with Crippen LogP contribution in [0, 0.1) is 18.3 Å². The van der Waals surface area contributed by atoms with E-state index in [1.54, 1.807) is 36.4 Å². The first-order chi connectivity index (χ1) is 10.5. The molecule has 2 rings (SSSR count). The number of hydrogen-bond donors (Lipinski definition) is 3. The van der Waals surface area contributed by atoms with Gasteiger partial charge in [0, 0.05) is 5.69 Å². The molecule has 0 radical (unpaired) electrons. The average Bonchev–Trinajstić information content (AvgIpc) is 2.51. The van der Waals surface area contributed by atoms with E-state index in [2.05, 4.69) is 10.6 Å². The molecule has 0 heterocycles. The fourth-order valence-corrected chi connectivity index (χ4v) is 1.77. The zero-order valence-electron chi connectivity index (χ0n) is 11.9. The number of hydrogen-bond acceptors (Lipinski definition) is 4. The summed E-state index contributed by atoms with van der Waals surface area (Å²) in [4.78, 5) is 23.7. The lowest BCUT2D eigenvalue weighted by Crippen LogP contribution is -2.29. The molecule has 0 aliphatic heterocycles. The number of benzene rings is 2. The molecule has 0 fully saturated rings. The molecule has 6 nitrogen and oxygen atoms in total. The number of nitriles is 1. The van der Waals surface area contributed by atoms with E-state index in [-0.39, 0.29) is 0 Å². The zero-order valence-corrected chi connectivity index (χ0v) is 11.9. The second-order valence-electron chi connectivity index (χ2n) is 4.69. The van der Waals surface area contributed by atoms with E-state index in [1.165, 1.54) is 0 Å². The number of nitrogens with zero attached hydrogens (tertiary/aromatic N) is 1. The molecule has 2 aromatic rings. The highest BCUT2D eigenvalue weighted by molar-refractivity contribution is 6.43. The minimum Gasteiger partial charge on any atom is -0.397 e. The summed E-state index contributed by atoms with van der Waals surface area (Å²) in [6.07, 6.45) is 0. The van der Waals surface area contributed by atoms with Crippen LogP contribution in [0.5, 0.6) is 0 Å². The molecule has 0 aliphatic rings. The van der Waals surface area contributed by atoms with Gasteiger partial charge in [0.2, 0.25) is 0 Å². The van der Waals surface area contributed by atoms with Crippen molar-refractivity contribution in [3.63, 3.8) is 0 Å². The van der Waals surface area contributed by atoms with E-state index >= 15 is 0 Å². The Kier molecular flexibility index (Phi) is 4.39. The van der Waals surface area contributed by atoms with E-state index in [0.717, 1.165) is 5.56 Å². The molecule has 0 bridgehead atoms. The minimum absolute atomic E-state index is 0.380. The second kappa shape index (κ2) is 6.41. The van der Waals surface area contributed by atoms with Gasteiger partial charge < -0.3 is 16.4 Å². The third-order valence-electron chi connectivity index (χ3n) is 2.94. The maximum Gasteiger partial charge on any atom is 0.314 e. The number of aryl methyl sites for hydroxylation is 1. The van der Waals surface area contributed by atoms with Crippen LogP contribution in [0.3, 0.4) is 0 Å². The van der Waals surface area contributed by atoms with Crippen molar-refractivity contribution in [1.29, 1.82) is 5.26 Å². The van der Waals surface area contributed by atoms with Gasteiger partial charge in [-0.2, -0.15) is 5.26 Å². The van der Waals surface area contributed by atoms with Crippen LogP contribution < -0.4 is 16.4 Å². The summed E-state index contributed by atoms with van der Waals surface area (Å²) in [6, 6.07) is 13.3. The fraction of sp³-hybridized carbons (Fsp3) is 0.0625. The molecule has 0 unspecified atom stereocenters. The molecule has 110 valence electrons. The SMILES string of the molecule is Cc1ccc(N)c(NC(=O)C(=O)Nc2ccc(C#N)cc2)c1. The standard InChI is InChI=1S/C16H14N4O2/c1-10-2-7-13(18)14(8-10)20-16(22)15(21)19-12-5-3-11(9-17)4-6-12/h2-8H,18H2,1H3,(H,19,21)(H,20,22). The van der Waals surface area contributed by atoms with Gasteiger partial charge >= 0.3 is 11.8 Å². The number of nitrogens with two attached hydrogens (primary N) is 1. The summed E-state index contributed by atoms with van der Waals surface area (Å²) < 4.78 is 0. The Hall–Kier alpha value is -3.33. The highest BCUT2D eigenvalue weighted by Gasteiger charge is 2.15. The number of amides is 2. The Balaban J connectivity index is 2.04. The van der Waals surface area contributed by atoms with Gasteiger partial charge in [0.1, 0.15) is 0 Å². The van der Waals surface area contributed by atoms with Crippen molar-refractivity contribution in [3.05, 3.63) is 53.6 Å². The molecule has 0 saturated heterocycles. The number of carbonyl (C=O) groups is 2. The van der Waals surface area contributed by atoms with Crippen molar-refractivity contribution in [2.75, 3.05) is 16.4 Å². The highest BCUT2D eigenvalue weighted by atomic mass is 16.2. The third-order valence-corrected chi connectivity index (χ3v) is 2.94. The summed E-state index contributed by atoms with van der Waals surface area (Å²) in [7, 11) is 0. The first-order valence-corrected chi connectivity index (χ1v) is 6.48. The lowest BCUT2D eigenvalue weighted by atomic mass is 10.2. The van der Waals surface area contributed by atoms with Crippen molar-refractivity contribution in [2.45, 2.75) is 6.92 Å². The van der Waals surface area contributed by atoms with Crippen LogP contribution in [0.15, 0.2) is 42.5 Å². The van der Waals surface area contributed by atoms with E-state index in [0.29, 0.717) is 22.6 Å². The topological polar surface area (TPSA) is 108 Å². The van der Waals surface area contributed by atoms with Crippen LogP contribution in [0.1, 0.15) is 11.1 Å². The van der Waals surface area contributed by atoms with E-state index < -0.39 is 11.8 Å². The minimum atomic E-state index is -0.818. The summed E-state index contributed by atoms with van der Waals surface area (Å²) in [5, 5.41) is 13.6. The maximum absolute atomic E-state index is 11.9.